The predicted octanol–water partition coefficient (Wildman–Crippen LogP) is 6.66. The molecule has 0 heterocycles. The second-order valence-corrected chi connectivity index (χ2v) is 21.1. The van der Waals surface area contributed by atoms with E-state index in [2.05, 4.69) is 167 Å². The van der Waals surface area contributed by atoms with Crippen molar-refractivity contribution in [2.45, 2.75) is 171 Å². The van der Waals surface area contributed by atoms with Gasteiger partial charge in [0, 0.05) is 0 Å². The second-order valence-electron chi connectivity index (χ2n) is 18.7. The van der Waals surface area contributed by atoms with Crippen LogP contribution in [0.4, 0.5) is 0 Å². The second kappa shape index (κ2) is 16.9. The van der Waals surface area contributed by atoms with Crippen molar-refractivity contribution in [1.82, 2.24) is 0 Å². The Labute approximate surface area is 319 Å². The molecule has 1 aliphatic carbocycles. The molecule has 0 saturated carbocycles. The van der Waals surface area contributed by atoms with Gasteiger partial charge in [-0.2, -0.15) is 41.0 Å². The maximum absolute atomic E-state index is 3.90. The molecule has 47 heavy (non-hydrogen) atoms. The molecule has 0 radical (unpaired) electrons. The Kier molecular flexibility index (Phi) is 16.6. The molecule has 0 amide bonds. The summed E-state index contributed by atoms with van der Waals surface area (Å²) < 4.78 is 1.51. The first-order valence-corrected chi connectivity index (χ1v) is 18.5. The minimum absolute atomic E-state index is 0. The molecule has 0 fully saturated rings. The average molecular weight is 757 g/mol. The van der Waals surface area contributed by atoms with Crippen LogP contribution < -0.4 is 24.8 Å². The molecular formula is C44H66Cl2Zr-2. The van der Waals surface area contributed by atoms with E-state index in [0.29, 0.717) is 5.41 Å². The number of rotatable bonds is 2. The monoisotopic (exact) mass is 754 g/mol. The van der Waals surface area contributed by atoms with Gasteiger partial charge in [0.1, 0.15) is 0 Å². The first-order chi connectivity index (χ1) is 20.2. The quantitative estimate of drug-likeness (QED) is 0.201. The molecule has 0 saturated heterocycles. The molecular weight excluding hydrogens is 691 g/mol. The van der Waals surface area contributed by atoms with Crippen LogP contribution in [0.15, 0.2) is 36.4 Å². The molecule has 4 rings (SSSR count). The summed E-state index contributed by atoms with van der Waals surface area (Å²) in [5.41, 5.74) is 15.2. The Morgan fingerprint density at radius 1 is 0.660 bits per heavy atom. The van der Waals surface area contributed by atoms with E-state index >= 15 is 0 Å². The molecule has 0 spiro atoms. The van der Waals surface area contributed by atoms with Gasteiger partial charge < -0.3 is 24.8 Å². The third kappa shape index (κ3) is 12.8. The van der Waals surface area contributed by atoms with Crippen molar-refractivity contribution in [1.29, 1.82) is 0 Å². The van der Waals surface area contributed by atoms with Crippen LogP contribution in [0.2, 0.25) is 0 Å². The van der Waals surface area contributed by atoms with Gasteiger partial charge in [-0.25, -0.2) is 6.07 Å². The van der Waals surface area contributed by atoms with Gasteiger partial charge in [-0.05, 0) is 39.4 Å². The smallest absolute Gasteiger partial charge is 1.00 e. The van der Waals surface area contributed by atoms with E-state index < -0.39 is 0 Å². The van der Waals surface area contributed by atoms with Gasteiger partial charge in [-0.1, -0.05) is 152 Å². The fourth-order valence-electron chi connectivity index (χ4n) is 6.03. The predicted molar refractivity (Wildman–Crippen MR) is 199 cm³/mol. The molecule has 3 heteroatoms. The summed E-state index contributed by atoms with van der Waals surface area (Å²) >= 11 is 1.55. The zero-order chi connectivity index (χ0) is 34.9. The summed E-state index contributed by atoms with van der Waals surface area (Å²) in [6, 6.07) is 18.2. The SMILES string of the molecule is CC(C)(C)c1[c-]c2c(cc1C(C)(C)C)-c1cc(C(C)(C)C)c(C(C)(C)C)cc1C2.CCCc1cc(C(C)(C)C)c[cH-]1.C[C](C)=[Zr+2].[Cl-].[Cl-]. The van der Waals surface area contributed by atoms with Crippen LogP contribution >= 0.6 is 0 Å². The Bertz CT molecular complexity index is 1380. The molecule has 0 N–H and O–H groups in total. The first kappa shape index (κ1) is 46.1. The summed E-state index contributed by atoms with van der Waals surface area (Å²) in [6.07, 6.45) is 3.47. The Morgan fingerprint density at radius 2 is 1.11 bits per heavy atom. The van der Waals surface area contributed by atoms with Crippen LogP contribution in [0.1, 0.15) is 176 Å². The number of hydrogen-bond acceptors (Lipinski definition) is 0. The average Bonchev–Trinajstić information content (AvgIpc) is 3.44. The van der Waals surface area contributed by atoms with Crippen LogP contribution in [-0.4, -0.2) is 3.21 Å². The third-order valence-corrected chi connectivity index (χ3v) is 8.46. The molecule has 0 unspecified atom stereocenters. The van der Waals surface area contributed by atoms with Crippen molar-refractivity contribution >= 4 is 3.21 Å². The van der Waals surface area contributed by atoms with Crippen LogP contribution in [0.25, 0.3) is 11.1 Å². The van der Waals surface area contributed by atoms with Gasteiger partial charge in [-0.3, -0.25) is 0 Å². The van der Waals surface area contributed by atoms with E-state index in [9.17, 15) is 0 Å². The number of halogens is 2. The van der Waals surface area contributed by atoms with Crippen LogP contribution in [0.5, 0.6) is 0 Å². The summed E-state index contributed by atoms with van der Waals surface area (Å²) in [6.45, 7) is 41.3. The van der Waals surface area contributed by atoms with Crippen molar-refractivity contribution in [2.75, 3.05) is 0 Å². The molecule has 3 aromatic rings. The molecule has 0 bridgehead atoms. The standard InChI is InChI=1S/C29H41.C12H19.C3H6.2ClH.Zr/c1-26(2,3)22-14-18-13-19-15-23(27(4,5)6)25(29(10,11)12)17-21(19)20(18)16-24(22)28(7,8)9;1-5-6-10-7-8-11(9-10)12(2,3)4;1-3-2;;;/h14,16-17H,13H2,1-12H3;7-9H,5-6H2,1-4H3;1-2H3;2*1H;/q2*-1;;;;+2/p-2. The van der Waals surface area contributed by atoms with E-state index in [1.54, 1.807) is 24.2 Å². The summed E-state index contributed by atoms with van der Waals surface area (Å²) in [7, 11) is 0. The van der Waals surface area contributed by atoms with Crippen molar-refractivity contribution in [3.05, 3.63) is 87.0 Å². The Balaban J connectivity index is 0.000000982. The van der Waals surface area contributed by atoms with Crippen LogP contribution in [0, 0.1) is 6.07 Å². The summed E-state index contributed by atoms with van der Waals surface area (Å²) in [4.78, 5) is 0. The molecule has 1 aliphatic rings. The topological polar surface area (TPSA) is 0 Å². The molecule has 0 nitrogen and oxygen atoms in total. The fraction of sp³-hybridized carbons (Fsp3) is 0.591. The normalized spacial score (nSPS) is 12.8. The van der Waals surface area contributed by atoms with E-state index in [-0.39, 0.29) is 46.5 Å². The maximum Gasteiger partial charge on any atom is -1.00 e. The van der Waals surface area contributed by atoms with Gasteiger partial charge in [0.25, 0.3) is 0 Å². The summed E-state index contributed by atoms with van der Waals surface area (Å²) in [5, 5.41) is 0. The van der Waals surface area contributed by atoms with Gasteiger partial charge >= 0.3 is 41.3 Å². The molecule has 262 valence electrons. The molecule has 0 atom stereocenters. The first-order valence-electron chi connectivity index (χ1n) is 17.2. The number of fused-ring (bicyclic) bond motifs is 3. The zero-order valence-corrected chi connectivity index (χ0v) is 37.3. The van der Waals surface area contributed by atoms with Gasteiger partial charge in [0.15, 0.2) is 0 Å². The number of aryl methyl sites for hydroxylation is 1. The molecule has 0 aromatic heterocycles. The van der Waals surface area contributed by atoms with E-state index in [0.717, 1.165) is 6.42 Å². The minimum atomic E-state index is 0. The summed E-state index contributed by atoms with van der Waals surface area (Å²) in [5.74, 6) is 0. The van der Waals surface area contributed by atoms with E-state index in [4.69, 9.17) is 0 Å². The maximum atomic E-state index is 3.90. The van der Waals surface area contributed by atoms with Gasteiger partial charge in [-0.15, -0.1) is 16.7 Å². The Morgan fingerprint density at radius 3 is 1.49 bits per heavy atom. The minimum Gasteiger partial charge on any atom is -1.00 e. The number of hydrogen-bond donors (Lipinski definition) is 0. The largest absolute Gasteiger partial charge is 1.00 e. The van der Waals surface area contributed by atoms with Crippen LogP contribution in [0.3, 0.4) is 0 Å². The van der Waals surface area contributed by atoms with Crippen molar-refractivity contribution in [3.8, 4) is 11.1 Å². The van der Waals surface area contributed by atoms with E-state index in [1.807, 2.05) is 0 Å². The third-order valence-electron chi connectivity index (χ3n) is 8.46. The van der Waals surface area contributed by atoms with Gasteiger partial charge in [0.05, 0.1) is 0 Å². The van der Waals surface area contributed by atoms with Crippen molar-refractivity contribution in [3.63, 3.8) is 0 Å². The van der Waals surface area contributed by atoms with Crippen molar-refractivity contribution in [2.24, 2.45) is 0 Å². The Hall–Kier alpha value is -0.877. The number of benzene rings is 2. The van der Waals surface area contributed by atoms with Gasteiger partial charge in [0.2, 0.25) is 0 Å². The fourth-order valence-corrected chi connectivity index (χ4v) is 6.03. The van der Waals surface area contributed by atoms with Crippen LogP contribution in [-0.2, 0) is 64.2 Å². The van der Waals surface area contributed by atoms with E-state index in [1.165, 1.54) is 71.7 Å². The zero-order valence-electron chi connectivity index (χ0n) is 33.3. The molecule has 0 aliphatic heterocycles. The van der Waals surface area contributed by atoms with Crippen molar-refractivity contribution < 1.29 is 49.0 Å². The molecule has 3 aromatic carbocycles.